The highest BCUT2D eigenvalue weighted by atomic mass is 19.1. The van der Waals surface area contributed by atoms with Gasteiger partial charge in [-0.3, -0.25) is 10.2 Å². The number of halogens is 1. The number of benzene rings is 2. The van der Waals surface area contributed by atoms with Crippen molar-refractivity contribution in [1.82, 2.24) is 14.7 Å². The van der Waals surface area contributed by atoms with Gasteiger partial charge in [-0.25, -0.2) is 13.9 Å². The zero-order valence-electron chi connectivity index (χ0n) is 17.8. The van der Waals surface area contributed by atoms with Crippen LogP contribution in [0.5, 0.6) is 11.5 Å². The molecule has 4 rings (SSSR count). The number of carbonyl (C=O) groups excluding carboxylic acids is 1. The topological polar surface area (TPSA) is 91.7 Å². The average molecular weight is 439 g/mol. The van der Waals surface area contributed by atoms with Gasteiger partial charge in [0.2, 0.25) is 0 Å². The molecule has 8 nitrogen and oxygen atoms in total. The van der Waals surface area contributed by atoms with Crippen LogP contribution in [0.3, 0.4) is 0 Å². The van der Waals surface area contributed by atoms with E-state index in [2.05, 4.69) is 20.6 Å². The molecule has 32 heavy (non-hydrogen) atoms. The summed E-state index contributed by atoms with van der Waals surface area (Å²) in [6.07, 6.45) is 3.43. The van der Waals surface area contributed by atoms with Crippen LogP contribution in [-0.4, -0.2) is 46.0 Å². The molecule has 0 spiro atoms. The molecule has 1 fully saturated rings. The van der Waals surface area contributed by atoms with Crippen molar-refractivity contribution in [2.45, 2.75) is 25.4 Å². The molecule has 168 valence electrons. The highest BCUT2D eigenvalue weighted by Gasteiger charge is 2.23. The Kier molecular flexibility index (Phi) is 6.55. The lowest BCUT2D eigenvalue weighted by Crippen LogP contribution is -2.35. The molecule has 0 saturated carbocycles. The molecule has 1 aliphatic rings. The number of hydrogen-bond donors (Lipinski definition) is 3. The summed E-state index contributed by atoms with van der Waals surface area (Å²) in [6.45, 7) is 2.52. The van der Waals surface area contributed by atoms with E-state index in [-0.39, 0.29) is 11.8 Å². The molecule has 1 aliphatic heterocycles. The van der Waals surface area contributed by atoms with Crippen molar-refractivity contribution in [3.63, 3.8) is 0 Å². The first-order valence-corrected chi connectivity index (χ1v) is 10.5. The highest BCUT2D eigenvalue weighted by molar-refractivity contribution is 5.99. The van der Waals surface area contributed by atoms with Gasteiger partial charge in [-0.1, -0.05) is 12.1 Å². The molecule has 0 unspecified atom stereocenters. The maximum absolute atomic E-state index is 13.3. The Balaban J connectivity index is 1.32. The van der Waals surface area contributed by atoms with Crippen molar-refractivity contribution in [3.8, 4) is 11.5 Å². The van der Waals surface area contributed by atoms with E-state index >= 15 is 0 Å². The number of nitrogens with zero attached hydrogens (tertiary/aromatic N) is 3. The SMILES string of the molecule is COc1cc(CN2CCC(n3nccc3NC(=O)Nc3cccc(F)c3)CC2)ccc1O. The van der Waals surface area contributed by atoms with Crippen LogP contribution in [0.25, 0.3) is 0 Å². The summed E-state index contributed by atoms with van der Waals surface area (Å²) < 4.78 is 20.3. The van der Waals surface area contributed by atoms with Gasteiger partial charge in [0.05, 0.1) is 19.3 Å². The maximum atomic E-state index is 13.3. The number of methoxy groups -OCH3 is 1. The van der Waals surface area contributed by atoms with Gasteiger partial charge in [-0.15, -0.1) is 0 Å². The van der Waals surface area contributed by atoms with Crippen molar-refractivity contribution >= 4 is 17.5 Å². The summed E-state index contributed by atoms with van der Waals surface area (Å²) in [5.41, 5.74) is 1.46. The number of aromatic nitrogens is 2. The van der Waals surface area contributed by atoms with Crippen LogP contribution in [-0.2, 0) is 6.54 Å². The minimum Gasteiger partial charge on any atom is -0.504 e. The molecule has 3 aromatic rings. The standard InChI is InChI=1S/C23H26FN5O3/c1-32-21-13-16(5-6-20(21)30)15-28-11-8-19(9-12-28)29-22(7-10-25-29)27-23(31)26-18-4-2-3-17(24)14-18/h2-7,10,13-14,19,30H,8-9,11-12,15H2,1H3,(H2,26,27,31). The lowest BCUT2D eigenvalue weighted by molar-refractivity contribution is 0.174. The summed E-state index contributed by atoms with van der Waals surface area (Å²) >= 11 is 0. The summed E-state index contributed by atoms with van der Waals surface area (Å²) in [4.78, 5) is 14.7. The third-order valence-electron chi connectivity index (χ3n) is 5.55. The van der Waals surface area contributed by atoms with E-state index < -0.39 is 11.8 Å². The second kappa shape index (κ2) is 9.69. The van der Waals surface area contributed by atoms with Gasteiger partial charge in [0.25, 0.3) is 0 Å². The maximum Gasteiger partial charge on any atom is 0.324 e. The normalized spacial score (nSPS) is 14.8. The number of phenolic OH excluding ortho intramolecular Hbond substituents is 1. The zero-order valence-corrected chi connectivity index (χ0v) is 17.8. The van der Waals surface area contributed by atoms with Gasteiger partial charge in [0, 0.05) is 31.4 Å². The first-order chi connectivity index (χ1) is 15.5. The van der Waals surface area contributed by atoms with Gasteiger partial charge in [-0.05, 0) is 48.7 Å². The molecule has 0 radical (unpaired) electrons. The number of nitrogens with one attached hydrogen (secondary N) is 2. The molecule has 2 amide bonds. The van der Waals surface area contributed by atoms with Crippen LogP contribution >= 0.6 is 0 Å². The van der Waals surface area contributed by atoms with E-state index in [4.69, 9.17) is 4.74 Å². The highest BCUT2D eigenvalue weighted by Crippen LogP contribution is 2.29. The number of carbonyl (C=O) groups is 1. The van der Waals surface area contributed by atoms with Gasteiger partial charge in [-0.2, -0.15) is 5.10 Å². The smallest absolute Gasteiger partial charge is 0.324 e. The van der Waals surface area contributed by atoms with E-state index in [9.17, 15) is 14.3 Å². The first-order valence-electron chi connectivity index (χ1n) is 10.5. The minimum atomic E-state index is -0.448. The fraction of sp³-hybridized carbons (Fsp3) is 0.304. The fourth-order valence-corrected chi connectivity index (χ4v) is 3.95. The van der Waals surface area contributed by atoms with Gasteiger partial charge >= 0.3 is 6.03 Å². The third kappa shape index (κ3) is 5.17. The van der Waals surface area contributed by atoms with Crippen LogP contribution in [0.4, 0.5) is 20.7 Å². The van der Waals surface area contributed by atoms with Crippen LogP contribution in [0.2, 0.25) is 0 Å². The second-order valence-corrected chi connectivity index (χ2v) is 7.76. The minimum absolute atomic E-state index is 0.134. The Labute approximate surface area is 185 Å². The van der Waals surface area contributed by atoms with Crippen LogP contribution in [0.15, 0.2) is 54.7 Å². The Morgan fingerprint density at radius 1 is 1.19 bits per heavy atom. The summed E-state index contributed by atoms with van der Waals surface area (Å²) in [5.74, 6) is 0.794. The van der Waals surface area contributed by atoms with Gasteiger partial charge in [0.1, 0.15) is 11.6 Å². The lowest BCUT2D eigenvalue weighted by Gasteiger charge is -2.32. The van der Waals surface area contributed by atoms with E-state index in [0.717, 1.165) is 38.0 Å². The van der Waals surface area contributed by atoms with E-state index in [1.807, 2.05) is 16.8 Å². The number of aromatic hydroxyl groups is 1. The van der Waals surface area contributed by atoms with Crippen molar-refractivity contribution in [2.24, 2.45) is 0 Å². The molecule has 0 aliphatic carbocycles. The van der Waals surface area contributed by atoms with Crippen molar-refractivity contribution in [1.29, 1.82) is 0 Å². The first kappa shape index (κ1) is 21.6. The molecule has 1 aromatic heterocycles. The number of likely N-dealkylation sites (tertiary alicyclic amines) is 1. The van der Waals surface area contributed by atoms with Gasteiger partial charge in [0.15, 0.2) is 11.5 Å². The van der Waals surface area contributed by atoms with E-state index in [1.54, 1.807) is 31.5 Å². The Bertz CT molecular complexity index is 1080. The Morgan fingerprint density at radius 2 is 2.00 bits per heavy atom. The molecule has 2 aromatic carbocycles. The average Bonchev–Trinajstić information content (AvgIpc) is 3.23. The molecule has 0 bridgehead atoms. The molecule has 9 heteroatoms. The summed E-state index contributed by atoms with van der Waals surface area (Å²) in [5, 5.41) is 19.6. The molecular formula is C23H26FN5O3. The lowest BCUT2D eigenvalue weighted by atomic mass is 10.0. The summed E-state index contributed by atoms with van der Waals surface area (Å²) in [7, 11) is 1.54. The number of urea groups is 1. The number of amides is 2. The zero-order chi connectivity index (χ0) is 22.5. The van der Waals surface area contributed by atoms with E-state index in [0.29, 0.717) is 17.3 Å². The number of piperidine rings is 1. The van der Waals surface area contributed by atoms with Crippen molar-refractivity contribution in [2.75, 3.05) is 30.8 Å². The van der Waals surface area contributed by atoms with Crippen molar-refractivity contribution in [3.05, 3.63) is 66.1 Å². The Morgan fingerprint density at radius 3 is 2.75 bits per heavy atom. The number of anilines is 2. The predicted octanol–water partition coefficient (Wildman–Crippen LogP) is 4.22. The van der Waals surface area contributed by atoms with Crippen LogP contribution < -0.4 is 15.4 Å². The molecule has 0 atom stereocenters. The molecule has 1 saturated heterocycles. The number of rotatable bonds is 6. The monoisotopic (exact) mass is 439 g/mol. The number of ether oxygens (including phenoxy) is 1. The Hall–Kier alpha value is -3.59. The van der Waals surface area contributed by atoms with Crippen LogP contribution in [0.1, 0.15) is 24.4 Å². The quantitative estimate of drug-likeness (QED) is 0.535. The summed E-state index contributed by atoms with van der Waals surface area (Å²) in [6, 6.07) is 12.6. The van der Waals surface area contributed by atoms with Gasteiger partial charge < -0.3 is 15.2 Å². The number of phenols is 1. The number of hydrogen-bond acceptors (Lipinski definition) is 5. The largest absolute Gasteiger partial charge is 0.504 e. The molecule has 3 N–H and O–H groups in total. The predicted molar refractivity (Wildman–Crippen MR) is 119 cm³/mol. The molecular weight excluding hydrogens is 413 g/mol. The fourth-order valence-electron chi connectivity index (χ4n) is 3.95. The van der Waals surface area contributed by atoms with Crippen molar-refractivity contribution < 1.29 is 19.0 Å². The third-order valence-corrected chi connectivity index (χ3v) is 5.55. The van der Waals surface area contributed by atoms with E-state index in [1.165, 1.54) is 18.2 Å². The second-order valence-electron chi connectivity index (χ2n) is 7.76. The molecule has 2 heterocycles. The van der Waals surface area contributed by atoms with Crippen LogP contribution in [0, 0.1) is 5.82 Å².